The molecule has 1 aromatic carbocycles. The Labute approximate surface area is 106 Å². The molecule has 4 nitrogen and oxygen atoms in total. The van der Waals surface area contributed by atoms with Crippen molar-refractivity contribution in [1.29, 1.82) is 0 Å². The van der Waals surface area contributed by atoms with E-state index in [-0.39, 0.29) is 29.8 Å². The smallest absolute Gasteiger partial charge is 0.339 e. The summed E-state index contributed by atoms with van der Waals surface area (Å²) in [7, 11) is 0. The van der Waals surface area contributed by atoms with Crippen molar-refractivity contribution in [2.24, 2.45) is 11.7 Å². The Kier molecular flexibility index (Phi) is 4.01. The van der Waals surface area contributed by atoms with Crippen LogP contribution >= 0.6 is 12.4 Å². The number of aryl methyl sites for hydroxylation is 1. The van der Waals surface area contributed by atoms with Crippen LogP contribution in [0.3, 0.4) is 0 Å². The molecule has 4 N–H and O–H groups in total. The number of carboxylic acid groups (broad SMARTS) is 1. The Balaban J connectivity index is 0.00000144. The molecular formula is C12H16ClNO3. The summed E-state index contributed by atoms with van der Waals surface area (Å²) in [6, 6.07) is 2.98. The molecule has 2 rings (SSSR count). The molecule has 0 amide bonds. The van der Waals surface area contributed by atoms with Crippen molar-refractivity contribution >= 4 is 18.4 Å². The fourth-order valence-electron chi connectivity index (χ4n) is 1.93. The first kappa shape index (κ1) is 13.8. The first-order chi connectivity index (χ1) is 7.50. The maximum atomic E-state index is 10.9. The Hall–Kier alpha value is -1.26. The maximum absolute atomic E-state index is 10.9. The zero-order valence-corrected chi connectivity index (χ0v) is 10.3. The SMILES string of the molecule is Cc1cc(C(=O)O)c(O)c([C@@H](N)C2CC2)c1.Cl. The number of benzene rings is 1. The molecule has 0 aromatic heterocycles. The van der Waals surface area contributed by atoms with Gasteiger partial charge in [-0.05, 0) is 37.3 Å². The normalized spacial score (nSPS) is 16.1. The number of hydrogen-bond donors (Lipinski definition) is 3. The molecule has 94 valence electrons. The second kappa shape index (κ2) is 4.94. The molecule has 1 atom stereocenters. The van der Waals surface area contributed by atoms with E-state index >= 15 is 0 Å². The molecule has 0 spiro atoms. The topological polar surface area (TPSA) is 83.5 Å². The van der Waals surface area contributed by atoms with Gasteiger partial charge in [0.2, 0.25) is 0 Å². The van der Waals surface area contributed by atoms with Gasteiger partial charge in [-0.25, -0.2) is 4.79 Å². The van der Waals surface area contributed by atoms with Crippen LogP contribution in [-0.4, -0.2) is 16.2 Å². The molecule has 0 aliphatic heterocycles. The van der Waals surface area contributed by atoms with Crippen LogP contribution in [0.15, 0.2) is 12.1 Å². The molecule has 1 aliphatic rings. The van der Waals surface area contributed by atoms with Gasteiger partial charge in [-0.2, -0.15) is 0 Å². The number of carboxylic acids is 1. The van der Waals surface area contributed by atoms with Crippen LogP contribution in [0.25, 0.3) is 0 Å². The van der Waals surface area contributed by atoms with Crippen LogP contribution in [0.1, 0.15) is 40.4 Å². The lowest BCUT2D eigenvalue weighted by atomic mass is 9.97. The van der Waals surface area contributed by atoms with E-state index in [1.165, 1.54) is 6.07 Å². The van der Waals surface area contributed by atoms with Gasteiger partial charge in [0, 0.05) is 11.6 Å². The Morgan fingerprint density at radius 1 is 1.47 bits per heavy atom. The van der Waals surface area contributed by atoms with Crippen LogP contribution in [0.4, 0.5) is 0 Å². The van der Waals surface area contributed by atoms with Gasteiger partial charge in [0.25, 0.3) is 0 Å². The predicted octanol–water partition coefficient (Wildman–Crippen LogP) is 2.23. The van der Waals surface area contributed by atoms with Crippen LogP contribution in [0.5, 0.6) is 5.75 Å². The Bertz CT molecular complexity index is 444. The Morgan fingerprint density at radius 2 is 2.06 bits per heavy atom. The third-order valence-corrected chi connectivity index (χ3v) is 3.00. The zero-order chi connectivity index (χ0) is 11.9. The van der Waals surface area contributed by atoms with Crippen LogP contribution < -0.4 is 5.73 Å². The van der Waals surface area contributed by atoms with Gasteiger partial charge in [-0.1, -0.05) is 6.07 Å². The summed E-state index contributed by atoms with van der Waals surface area (Å²) in [4.78, 5) is 10.9. The number of aromatic carboxylic acids is 1. The second-order valence-corrected chi connectivity index (χ2v) is 4.42. The number of rotatable bonds is 3. The van der Waals surface area contributed by atoms with E-state index < -0.39 is 5.97 Å². The van der Waals surface area contributed by atoms with Crippen molar-refractivity contribution in [2.45, 2.75) is 25.8 Å². The van der Waals surface area contributed by atoms with Crippen molar-refractivity contribution in [3.63, 3.8) is 0 Å². The summed E-state index contributed by atoms with van der Waals surface area (Å²) >= 11 is 0. The predicted molar refractivity (Wildman–Crippen MR) is 66.7 cm³/mol. The average Bonchev–Trinajstić information content (AvgIpc) is 3.03. The summed E-state index contributed by atoms with van der Waals surface area (Å²) in [5.41, 5.74) is 7.28. The summed E-state index contributed by atoms with van der Waals surface area (Å²) < 4.78 is 0. The molecule has 17 heavy (non-hydrogen) atoms. The van der Waals surface area contributed by atoms with E-state index in [9.17, 15) is 9.90 Å². The van der Waals surface area contributed by atoms with Crippen LogP contribution in [0.2, 0.25) is 0 Å². The number of phenols is 1. The van der Waals surface area contributed by atoms with E-state index in [0.29, 0.717) is 11.5 Å². The highest BCUT2D eigenvalue weighted by atomic mass is 35.5. The summed E-state index contributed by atoms with van der Waals surface area (Å²) in [6.45, 7) is 1.80. The largest absolute Gasteiger partial charge is 0.507 e. The molecule has 5 heteroatoms. The average molecular weight is 258 g/mol. The molecule has 0 saturated heterocycles. The maximum Gasteiger partial charge on any atom is 0.339 e. The van der Waals surface area contributed by atoms with Crippen LogP contribution in [0, 0.1) is 12.8 Å². The molecule has 0 radical (unpaired) electrons. The number of nitrogens with two attached hydrogens (primary N) is 1. The van der Waals surface area contributed by atoms with Gasteiger partial charge in [-0.15, -0.1) is 12.4 Å². The van der Waals surface area contributed by atoms with Crippen molar-refractivity contribution in [2.75, 3.05) is 0 Å². The van der Waals surface area contributed by atoms with E-state index in [2.05, 4.69) is 0 Å². The number of carbonyl (C=O) groups is 1. The Morgan fingerprint density at radius 3 is 2.53 bits per heavy atom. The molecule has 0 bridgehead atoms. The highest BCUT2D eigenvalue weighted by Gasteiger charge is 2.32. The summed E-state index contributed by atoms with van der Waals surface area (Å²) in [5.74, 6) is -0.919. The molecule has 1 aliphatic carbocycles. The van der Waals surface area contributed by atoms with Gasteiger partial charge in [0.15, 0.2) is 0 Å². The third-order valence-electron chi connectivity index (χ3n) is 3.00. The molecular weight excluding hydrogens is 242 g/mol. The van der Waals surface area contributed by atoms with Crippen LogP contribution in [-0.2, 0) is 0 Å². The lowest BCUT2D eigenvalue weighted by Gasteiger charge is -2.15. The van der Waals surface area contributed by atoms with Crippen molar-refractivity contribution < 1.29 is 15.0 Å². The highest BCUT2D eigenvalue weighted by Crippen LogP contribution is 2.42. The highest BCUT2D eigenvalue weighted by molar-refractivity contribution is 5.91. The van der Waals surface area contributed by atoms with E-state index in [0.717, 1.165) is 18.4 Å². The molecule has 1 aromatic rings. The van der Waals surface area contributed by atoms with Crippen molar-refractivity contribution in [3.05, 3.63) is 28.8 Å². The summed E-state index contributed by atoms with van der Waals surface area (Å²) in [5, 5.41) is 18.8. The lowest BCUT2D eigenvalue weighted by molar-refractivity contribution is 0.0693. The van der Waals surface area contributed by atoms with Gasteiger partial charge >= 0.3 is 5.97 Å². The summed E-state index contributed by atoms with van der Waals surface area (Å²) in [6.07, 6.45) is 2.11. The third kappa shape index (κ3) is 2.70. The molecule has 1 saturated carbocycles. The van der Waals surface area contributed by atoms with E-state index in [4.69, 9.17) is 10.8 Å². The van der Waals surface area contributed by atoms with Crippen molar-refractivity contribution in [3.8, 4) is 5.75 Å². The minimum atomic E-state index is -1.12. The van der Waals surface area contributed by atoms with E-state index in [1.807, 2.05) is 0 Å². The monoisotopic (exact) mass is 257 g/mol. The fraction of sp³-hybridized carbons (Fsp3) is 0.417. The number of hydrogen-bond acceptors (Lipinski definition) is 3. The van der Waals surface area contributed by atoms with E-state index in [1.54, 1.807) is 13.0 Å². The molecule has 0 unspecified atom stereocenters. The standard InChI is InChI=1S/C12H15NO3.ClH/c1-6-4-8(10(13)7-2-3-7)11(14)9(5-6)12(15)16;/h4-5,7,10,14H,2-3,13H2,1H3,(H,15,16);1H/t10-;/m0./s1. The first-order valence-electron chi connectivity index (χ1n) is 5.33. The van der Waals surface area contributed by atoms with Gasteiger partial charge < -0.3 is 15.9 Å². The minimum absolute atomic E-state index is 0. The fourth-order valence-corrected chi connectivity index (χ4v) is 1.93. The minimum Gasteiger partial charge on any atom is -0.507 e. The number of aromatic hydroxyl groups is 1. The zero-order valence-electron chi connectivity index (χ0n) is 9.51. The quantitative estimate of drug-likeness (QED) is 0.775. The number of halogens is 1. The molecule has 0 heterocycles. The lowest BCUT2D eigenvalue weighted by Crippen LogP contribution is -2.14. The van der Waals surface area contributed by atoms with Gasteiger partial charge in [-0.3, -0.25) is 0 Å². The first-order valence-corrected chi connectivity index (χ1v) is 5.33. The van der Waals surface area contributed by atoms with Gasteiger partial charge in [0.1, 0.15) is 11.3 Å². The van der Waals surface area contributed by atoms with Gasteiger partial charge in [0.05, 0.1) is 0 Å². The second-order valence-electron chi connectivity index (χ2n) is 4.42. The van der Waals surface area contributed by atoms with Crippen molar-refractivity contribution in [1.82, 2.24) is 0 Å². The molecule has 1 fully saturated rings.